The van der Waals surface area contributed by atoms with Crippen LogP contribution in [0.1, 0.15) is 40.0 Å². The van der Waals surface area contributed by atoms with Crippen molar-refractivity contribution in [1.82, 2.24) is 0 Å². The van der Waals surface area contributed by atoms with E-state index in [0.717, 1.165) is 24.8 Å². The van der Waals surface area contributed by atoms with Gasteiger partial charge in [-0.3, -0.25) is 0 Å². The lowest BCUT2D eigenvalue weighted by atomic mass is 10.1. The summed E-state index contributed by atoms with van der Waals surface area (Å²) in [7, 11) is 0. The molecular weight excluding hydrogens is 146 g/mol. The third-order valence-electron chi connectivity index (χ3n) is 1.66. The molecule has 0 N–H and O–H groups in total. The second kappa shape index (κ2) is 6.67. The molecule has 1 heteroatoms. The van der Waals surface area contributed by atoms with Crippen molar-refractivity contribution in [1.29, 1.82) is 5.26 Å². The fourth-order valence-electron chi connectivity index (χ4n) is 1.12. The van der Waals surface area contributed by atoms with E-state index < -0.39 is 0 Å². The van der Waals surface area contributed by atoms with Gasteiger partial charge in [0.05, 0.1) is 6.07 Å². The van der Waals surface area contributed by atoms with Gasteiger partial charge < -0.3 is 0 Å². The summed E-state index contributed by atoms with van der Waals surface area (Å²) in [4.78, 5) is 0. The maximum absolute atomic E-state index is 8.59. The van der Waals surface area contributed by atoms with Crippen molar-refractivity contribution in [2.75, 3.05) is 0 Å². The zero-order valence-corrected chi connectivity index (χ0v) is 8.22. The maximum Gasteiger partial charge on any atom is 0.0947 e. The molecule has 1 aliphatic carbocycles. The molecule has 12 heavy (non-hydrogen) atoms. The van der Waals surface area contributed by atoms with E-state index in [2.05, 4.69) is 12.1 Å². The highest BCUT2D eigenvalue weighted by atomic mass is 14.2. The first-order chi connectivity index (χ1) is 5.83. The number of rotatable bonds is 0. The van der Waals surface area contributed by atoms with Gasteiger partial charge in [0.2, 0.25) is 0 Å². The van der Waals surface area contributed by atoms with E-state index in [0.29, 0.717) is 0 Å². The fourth-order valence-corrected chi connectivity index (χ4v) is 1.12. The Labute approximate surface area is 75.4 Å². The molecule has 1 rings (SSSR count). The van der Waals surface area contributed by atoms with Gasteiger partial charge in [0.15, 0.2) is 0 Å². The van der Waals surface area contributed by atoms with E-state index in [9.17, 15) is 0 Å². The lowest BCUT2D eigenvalue weighted by molar-refractivity contribution is 0.856. The van der Waals surface area contributed by atoms with Gasteiger partial charge in [-0.1, -0.05) is 25.5 Å². The smallest absolute Gasteiger partial charge is 0.0947 e. The van der Waals surface area contributed by atoms with Crippen LogP contribution in [0, 0.1) is 11.3 Å². The minimum Gasteiger partial charge on any atom is -0.193 e. The quantitative estimate of drug-likeness (QED) is 0.535. The van der Waals surface area contributed by atoms with Gasteiger partial charge in [-0.25, -0.2) is 0 Å². The lowest BCUT2D eigenvalue weighted by Gasteiger charge is -1.89. The predicted octanol–water partition coefficient (Wildman–Crippen LogP) is 3.59. The van der Waals surface area contributed by atoms with Gasteiger partial charge in [0.1, 0.15) is 0 Å². The van der Waals surface area contributed by atoms with Gasteiger partial charge in [-0.15, -0.1) is 0 Å². The van der Waals surface area contributed by atoms with E-state index in [1.165, 1.54) is 5.57 Å². The summed E-state index contributed by atoms with van der Waals surface area (Å²) >= 11 is 0. The Morgan fingerprint density at radius 3 is 2.67 bits per heavy atom. The van der Waals surface area contributed by atoms with E-state index in [1.54, 1.807) is 0 Å². The molecule has 1 nitrogen and oxygen atoms in total. The standard InChI is InChI=1S/C9H11N.C2H6/c1-8-4-2-3-5-9(6-8)7-10;1-2/h4,6H,2-3,5H2,1H3;1-2H3. The molecular formula is C11H17N. The average Bonchev–Trinajstić information content (AvgIpc) is 2.33. The molecule has 0 radical (unpaired) electrons. The van der Waals surface area contributed by atoms with Gasteiger partial charge in [0.25, 0.3) is 0 Å². The minimum atomic E-state index is 0.922. The summed E-state index contributed by atoms with van der Waals surface area (Å²) in [6, 6.07) is 2.19. The Bertz CT molecular complexity index is 216. The molecule has 0 atom stereocenters. The number of hydrogen-bond acceptors (Lipinski definition) is 1. The normalized spacial score (nSPS) is 15.8. The SMILES string of the molecule is CC.CC1=CCCCC(C#N)=C1. The third kappa shape index (κ3) is 3.98. The molecule has 0 aromatic carbocycles. The van der Waals surface area contributed by atoms with E-state index in [1.807, 2.05) is 26.8 Å². The average molecular weight is 163 g/mol. The summed E-state index contributed by atoms with van der Waals surface area (Å²) in [5.41, 5.74) is 2.15. The van der Waals surface area contributed by atoms with Crippen LogP contribution in [0.5, 0.6) is 0 Å². The lowest BCUT2D eigenvalue weighted by Crippen LogP contribution is -1.76. The first-order valence-corrected chi connectivity index (χ1v) is 4.60. The van der Waals surface area contributed by atoms with Gasteiger partial charge in [-0.05, 0) is 32.3 Å². The van der Waals surface area contributed by atoms with Crippen molar-refractivity contribution in [3.63, 3.8) is 0 Å². The molecule has 0 saturated heterocycles. The van der Waals surface area contributed by atoms with Crippen molar-refractivity contribution < 1.29 is 0 Å². The van der Waals surface area contributed by atoms with E-state index in [4.69, 9.17) is 5.26 Å². The van der Waals surface area contributed by atoms with Crippen LogP contribution in [-0.2, 0) is 0 Å². The Balaban J connectivity index is 0.000000561. The number of nitrogens with zero attached hydrogens (tertiary/aromatic N) is 1. The minimum absolute atomic E-state index is 0.922. The molecule has 0 aromatic heterocycles. The molecule has 0 aromatic rings. The zero-order chi connectivity index (χ0) is 9.40. The van der Waals surface area contributed by atoms with Crippen molar-refractivity contribution in [2.45, 2.75) is 40.0 Å². The van der Waals surface area contributed by atoms with Crippen LogP contribution in [0.3, 0.4) is 0 Å². The van der Waals surface area contributed by atoms with Crippen molar-refractivity contribution in [3.8, 4) is 6.07 Å². The van der Waals surface area contributed by atoms with Crippen molar-refractivity contribution in [3.05, 3.63) is 23.3 Å². The summed E-state index contributed by atoms with van der Waals surface area (Å²) in [6.07, 6.45) is 7.35. The predicted molar refractivity (Wildman–Crippen MR) is 52.7 cm³/mol. The summed E-state index contributed by atoms with van der Waals surface area (Å²) in [6.45, 7) is 6.04. The highest BCUT2D eigenvalue weighted by Crippen LogP contribution is 2.15. The molecule has 66 valence electrons. The topological polar surface area (TPSA) is 23.8 Å². The van der Waals surface area contributed by atoms with Crippen LogP contribution in [0.25, 0.3) is 0 Å². The zero-order valence-electron chi connectivity index (χ0n) is 8.22. The largest absolute Gasteiger partial charge is 0.193 e. The molecule has 0 amide bonds. The second-order valence-corrected chi connectivity index (χ2v) is 2.62. The Kier molecular flexibility index (Phi) is 6.09. The van der Waals surface area contributed by atoms with Crippen molar-refractivity contribution >= 4 is 0 Å². The second-order valence-electron chi connectivity index (χ2n) is 2.62. The number of hydrogen-bond donors (Lipinski definition) is 0. The van der Waals surface area contributed by atoms with E-state index >= 15 is 0 Å². The van der Waals surface area contributed by atoms with Gasteiger partial charge in [0, 0.05) is 5.57 Å². The summed E-state index contributed by atoms with van der Waals surface area (Å²) < 4.78 is 0. The number of allylic oxidation sites excluding steroid dienone is 4. The Morgan fingerprint density at radius 1 is 1.42 bits per heavy atom. The maximum atomic E-state index is 8.59. The first kappa shape index (κ1) is 11.0. The highest BCUT2D eigenvalue weighted by Gasteiger charge is 1.99. The molecule has 0 spiro atoms. The molecule has 0 unspecified atom stereocenters. The first-order valence-electron chi connectivity index (χ1n) is 4.60. The molecule has 0 heterocycles. The third-order valence-corrected chi connectivity index (χ3v) is 1.66. The van der Waals surface area contributed by atoms with Crippen LogP contribution in [-0.4, -0.2) is 0 Å². The van der Waals surface area contributed by atoms with Crippen LogP contribution in [0.4, 0.5) is 0 Å². The molecule has 0 fully saturated rings. The van der Waals surface area contributed by atoms with Crippen LogP contribution in [0.15, 0.2) is 23.3 Å². The molecule has 0 bridgehead atoms. The summed E-state index contributed by atoms with van der Waals surface area (Å²) in [5.74, 6) is 0. The fraction of sp³-hybridized carbons (Fsp3) is 0.545. The van der Waals surface area contributed by atoms with Gasteiger partial charge in [-0.2, -0.15) is 5.26 Å². The van der Waals surface area contributed by atoms with Crippen molar-refractivity contribution in [2.24, 2.45) is 0 Å². The molecule has 1 aliphatic rings. The van der Waals surface area contributed by atoms with E-state index in [-0.39, 0.29) is 0 Å². The molecule has 0 saturated carbocycles. The van der Waals surface area contributed by atoms with Gasteiger partial charge >= 0.3 is 0 Å². The monoisotopic (exact) mass is 163 g/mol. The van der Waals surface area contributed by atoms with Crippen LogP contribution in [0.2, 0.25) is 0 Å². The molecule has 0 aliphatic heterocycles. The Morgan fingerprint density at radius 2 is 2.08 bits per heavy atom. The highest BCUT2D eigenvalue weighted by molar-refractivity contribution is 5.31. The summed E-state index contributed by atoms with van der Waals surface area (Å²) in [5, 5.41) is 8.59. The Hall–Kier alpha value is -1.03. The van der Waals surface area contributed by atoms with Crippen LogP contribution >= 0.6 is 0 Å². The van der Waals surface area contributed by atoms with Crippen LogP contribution < -0.4 is 0 Å². The number of nitriles is 1.